The van der Waals surface area contributed by atoms with E-state index in [1.54, 1.807) is 0 Å². The molecule has 0 aliphatic rings. The predicted molar refractivity (Wildman–Crippen MR) is 191 cm³/mol. The van der Waals surface area contributed by atoms with Crippen molar-refractivity contribution in [3.05, 3.63) is 158 Å². The van der Waals surface area contributed by atoms with Crippen molar-refractivity contribution in [1.29, 1.82) is 0 Å². The number of furan rings is 1. The lowest BCUT2D eigenvalue weighted by Crippen LogP contribution is -1.90. The van der Waals surface area contributed by atoms with Gasteiger partial charge in [0.1, 0.15) is 11.2 Å². The van der Waals surface area contributed by atoms with Crippen LogP contribution in [-0.2, 0) is 0 Å². The second-order valence-electron chi connectivity index (χ2n) is 11.7. The summed E-state index contributed by atoms with van der Waals surface area (Å²) in [7, 11) is 0. The Labute approximate surface area is 266 Å². The third-order valence-corrected chi connectivity index (χ3v) is 9.30. The summed E-state index contributed by atoms with van der Waals surface area (Å²) in [5.41, 5.74) is 6.82. The van der Waals surface area contributed by atoms with Crippen molar-refractivity contribution in [2.45, 2.75) is 0 Å². The number of para-hydroxylation sites is 1. The van der Waals surface area contributed by atoms with Gasteiger partial charge in [-0.15, -0.1) is 0 Å². The molecule has 9 aromatic carbocycles. The Balaban J connectivity index is 1.31. The van der Waals surface area contributed by atoms with E-state index in [1.807, 2.05) is 36.4 Å². The highest BCUT2D eigenvalue weighted by Gasteiger charge is 2.20. The summed E-state index contributed by atoms with van der Waals surface area (Å²) in [6.07, 6.45) is 0. The maximum absolute atomic E-state index is 8.74. The Morgan fingerprint density at radius 3 is 1.84 bits per heavy atom. The monoisotopic (exact) mass is 575 g/mol. The van der Waals surface area contributed by atoms with Gasteiger partial charge in [-0.05, 0) is 94.7 Å². The predicted octanol–water partition coefficient (Wildman–Crippen LogP) is 12.6. The first-order chi connectivity index (χ1) is 24.4. The van der Waals surface area contributed by atoms with Crippen LogP contribution in [-0.4, -0.2) is 0 Å². The summed E-state index contributed by atoms with van der Waals surface area (Å²) in [6.45, 7) is 0. The summed E-state index contributed by atoms with van der Waals surface area (Å²) in [5, 5.41) is 10.5. The lowest BCUT2D eigenvalue weighted by molar-refractivity contribution is 0.669. The van der Waals surface area contributed by atoms with E-state index < -0.39 is 6.04 Å². The second kappa shape index (κ2) is 9.29. The molecule has 1 heterocycles. The molecular weight excluding hydrogens is 544 g/mol. The molecule has 0 bridgehead atoms. The van der Waals surface area contributed by atoms with Gasteiger partial charge in [-0.2, -0.15) is 0 Å². The van der Waals surface area contributed by atoms with Gasteiger partial charge in [0.2, 0.25) is 0 Å². The summed E-state index contributed by atoms with van der Waals surface area (Å²) in [6, 6.07) is 42.6. The number of hydrogen-bond donors (Lipinski definition) is 0. The van der Waals surface area contributed by atoms with Gasteiger partial charge in [0.25, 0.3) is 0 Å². The highest BCUT2D eigenvalue weighted by Crippen LogP contribution is 2.46. The van der Waals surface area contributed by atoms with Crippen LogP contribution >= 0.6 is 0 Å². The average Bonchev–Trinajstić information content (AvgIpc) is 3.54. The molecule has 10 rings (SSSR count). The third kappa shape index (κ3) is 3.56. The van der Waals surface area contributed by atoms with Gasteiger partial charge in [-0.25, -0.2) is 0 Å². The Kier molecular flexibility index (Phi) is 4.15. The molecule has 0 saturated heterocycles. The highest BCUT2D eigenvalue weighted by atomic mass is 16.3. The number of rotatable bonds is 3. The lowest BCUT2D eigenvalue weighted by atomic mass is 9.85. The number of fused-ring (bicyclic) bond motifs is 4. The van der Waals surface area contributed by atoms with E-state index in [-0.39, 0.29) is 29.7 Å². The van der Waals surface area contributed by atoms with E-state index in [0.717, 1.165) is 76.5 Å². The minimum absolute atomic E-state index is 0.203. The van der Waals surface area contributed by atoms with Crippen LogP contribution in [0.1, 0.15) is 6.85 Å². The number of hydrogen-bond acceptors (Lipinski definition) is 1. The van der Waals surface area contributed by atoms with Crippen molar-refractivity contribution >= 4 is 65.0 Å². The maximum Gasteiger partial charge on any atom is 0.136 e. The van der Waals surface area contributed by atoms with Gasteiger partial charge in [-0.1, -0.05) is 139 Å². The molecule has 0 atom stereocenters. The molecule has 0 aliphatic heterocycles. The maximum atomic E-state index is 8.74. The van der Waals surface area contributed by atoms with E-state index in [2.05, 4.69) is 91.0 Å². The van der Waals surface area contributed by atoms with Crippen LogP contribution in [0.15, 0.2) is 162 Å². The molecule has 0 spiro atoms. The molecule has 0 saturated carbocycles. The molecule has 0 fully saturated rings. The van der Waals surface area contributed by atoms with Crippen LogP contribution in [0.2, 0.25) is 0 Å². The number of benzene rings is 9. The molecule has 1 aromatic heterocycles. The van der Waals surface area contributed by atoms with Gasteiger partial charge in [-0.3, -0.25) is 0 Å². The first-order valence-electron chi connectivity index (χ1n) is 17.6. The summed E-state index contributed by atoms with van der Waals surface area (Å²) < 4.78 is 48.9. The molecule has 10 aromatic rings. The minimum Gasteiger partial charge on any atom is -0.456 e. The molecule has 208 valence electrons. The van der Waals surface area contributed by atoms with E-state index >= 15 is 0 Å². The van der Waals surface area contributed by atoms with Crippen LogP contribution in [0.3, 0.4) is 0 Å². The average molecular weight is 576 g/mol. The second-order valence-corrected chi connectivity index (χ2v) is 11.7. The quantitative estimate of drug-likeness (QED) is 0.191. The van der Waals surface area contributed by atoms with Crippen molar-refractivity contribution in [3.8, 4) is 33.4 Å². The molecule has 0 amide bonds. The molecule has 1 heteroatoms. The first kappa shape index (κ1) is 20.1. The van der Waals surface area contributed by atoms with Gasteiger partial charge in [0, 0.05) is 10.8 Å². The van der Waals surface area contributed by atoms with Gasteiger partial charge >= 0.3 is 0 Å². The Morgan fingerprint density at radius 1 is 0.378 bits per heavy atom. The Morgan fingerprint density at radius 2 is 1.02 bits per heavy atom. The van der Waals surface area contributed by atoms with Gasteiger partial charge in [0.05, 0.1) is 6.85 Å². The van der Waals surface area contributed by atoms with E-state index in [0.29, 0.717) is 5.56 Å². The van der Waals surface area contributed by atoms with Crippen LogP contribution < -0.4 is 0 Å². The molecule has 45 heavy (non-hydrogen) atoms. The molecule has 0 unspecified atom stereocenters. The summed E-state index contributed by atoms with van der Waals surface area (Å²) >= 11 is 0. The normalized spacial score (nSPS) is 13.6. The molecule has 1 nitrogen and oxygen atoms in total. The molecule has 0 aliphatic carbocycles. The van der Waals surface area contributed by atoms with Crippen molar-refractivity contribution in [2.75, 3.05) is 0 Å². The largest absolute Gasteiger partial charge is 0.456 e. The Bertz CT molecular complexity index is 3010. The summed E-state index contributed by atoms with van der Waals surface area (Å²) in [5.74, 6) is 0. The van der Waals surface area contributed by atoms with Crippen LogP contribution in [0.25, 0.3) is 98.4 Å². The first-order valence-corrected chi connectivity index (χ1v) is 15.1. The fraction of sp³-hybridized carbons (Fsp3) is 0. The zero-order valence-corrected chi connectivity index (χ0v) is 24.0. The standard InChI is InChI=1S/C44H26O/c1-2-9-27(10-3-1)34-21-17-29-20-24-37-35(22-18-30-19-23-36(34)42(29)43(30)37)39-25-31(33-15-8-12-28-11-4-5-13-32(28)33)26-41-44(39)38-14-6-7-16-40(38)45-41/h1-26H/i1D,2D,3D,9D,10D. The van der Waals surface area contributed by atoms with E-state index in [9.17, 15) is 0 Å². The smallest absolute Gasteiger partial charge is 0.136 e. The van der Waals surface area contributed by atoms with Crippen molar-refractivity contribution in [1.82, 2.24) is 0 Å². The van der Waals surface area contributed by atoms with Crippen molar-refractivity contribution in [2.24, 2.45) is 0 Å². The van der Waals surface area contributed by atoms with Gasteiger partial charge < -0.3 is 4.42 Å². The Hall–Kier alpha value is -5.92. The summed E-state index contributed by atoms with van der Waals surface area (Å²) in [4.78, 5) is 0. The van der Waals surface area contributed by atoms with Crippen molar-refractivity contribution in [3.63, 3.8) is 0 Å². The fourth-order valence-corrected chi connectivity index (χ4v) is 7.34. The topological polar surface area (TPSA) is 13.1 Å². The van der Waals surface area contributed by atoms with Crippen LogP contribution in [0.5, 0.6) is 0 Å². The molecule has 0 N–H and O–H groups in total. The SMILES string of the molecule is [2H]c1c([2H])c([2H])c(-c2ccc3ccc4c(-c5cc(-c6cccc7ccccc67)cc6oc7ccccc7c56)ccc5ccc2c3c54)c([2H])c1[2H]. The zero-order valence-electron chi connectivity index (χ0n) is 29.0. The third-order valence-electron chi connectivity index (χ3n) is 9.30. The highest BCUT2D eigenvalue weighted by molar-refractivity contribution is 6.29. The zero-order chi connectivity index (χ0) is 33.8. The van der Waals surface area contributed by atoms with Crippen LogP contribution in [0, 0.1) is 0 Å². The van der Waals surface area contributed by atoms with E-state index in [4.69, 9.17) is 11.3 Å². The minimum atomic E-state index is -0.394. The molecular formula is C44H26O. The van der Waals surface area contributed by atoms with Crippen molar-refractivity contribution < 1.29 is 11.3 Å². The van der Waals surface area contributed by atoms with Gasteiger partial charge in [0.15, 0.2) is 0 Å². The van der Waals surface area contributed by atoms with E-state index in [1.165, 1.54) is 10.8 Å². The lowest BCUT2D eigenvalue weighted by Gasteiger charge is -2.17. The fourth-order valence-electron chi connectivity index (χ4n) is 7.34. The molecule has 0 radical (unpaired) electrons. The van der Waals surface area contributed by atoms with Crippen LogP contribution in [0.4, 0.5) is 0 Å².